The van der Waals surface area contributed by atoms with Gasteiger partial charge in [-0.15, -0.1) is 0 Å². The topological polar surface area (TPSA) is 78.0 Å². The highest BCUT2D eigenvalue weighted by atomic mass is 16.2. The Bertz CT molecular complexity index is 1120. The minimum Gasteiger partial charge on any atom is -0.345 e. The molecule has 7 nitrogen and oxygen atoms in total. The van der Waals surface area contributed by atoms with Crippen molar-refractivity contribution in [3.05, 3.63) is 62.6 Å². The van der Waals surface area contributed by atoms with E-state index in [2.05, 4.69) is 29.8 Å². The number of aromatic nitrogens is 3. The van der Waals surface area contributed by atoms with Crippen molar-refractivity contribution in [2.75, 3.05) is 5.32 Å². The van der Waals surface area contributed by atoms with Gasteiger partial charge in [-0.1, -0.05) is 6.92 Å². The number of hydrogen-bond donors (Lipinski definition) is 1. The van der Waals surface area contributed by atoms with Gasteiger partial charge < -0.3 is 9.88 Å². The zero-order valence-electron chi connectivity index (χ0n) is 15.4. The van der Waals surface area contributed by atoms with Crippen LogP contribution in [0.4, 0.5) is 5.69 Å². The average molecular weight is 354 g/mol. The molecule has 0 aliphatic rings. The second-order valence-corrected chi connectivity index (χ2v) is 6.43. The Labute approximate surface area is 150 Å². The van der Waals surface area contributed by atoms with E-state index in [1.807, 2.05) is 18.2 Å². The van der Waals surface area contributed by atoms with Gasteiger partial charge in [0.2, 0.25) is 0 Å². The van der Waals surface area contributed by atoms with Crippen LogP contribution in [0, 0.1) is 6.92 Å². The smallest absolute Gasteiger partial charge is 0.331 e. The summed E-state index contributed by atoms with van der Waals surface area (Å²) in [5, 5.41) is 3.80. The Morgan fingerprint density at radius 1 is 1.08 bits per heavy atom. The van der Waals surface area contributed by atoms with Crippen LogP contribution in [0.15, 0.2) is 39.9 Å². The molecule has 2 heterocycles. The normalized spacial score (nSPS) is 11.1. The molecule has 2 aromatic heterocycles. The first kappa shape index (κ1) is 17.7. The summed E-state index contributed by atoms with van der Waals surface area (Å²) in [4.78, 5) is 36.3. The molecule has 0 unspecified atom stereocenters. The molecule has 0 saturated heterocycles. The van der Waals surface area contributed by atoms with E-state index in [0.29, 0.717) is 5.69 Å². The molecular formula is C19H22N4O3. The molecule has 26 heavy (non-hydrogen) atoms. The number of carbonyl (C=O) groups is 1. The highest BCUT2D eigenvalue weighted by molar-refractivity contribution is 6.04. The van der Waals surface area contributed by atoms with Crippen LogP contribution in [0.2, 0.25) is 0 Å². The standard InChI is InChI=1S/C19H22N4O3/c1-5-8-23-12(2)9-13-10-14(6-7-15(13)23)20-18(25)16-11-17(24)22(4)19(26)21(16)3/h6-7,9-11H,5,8H2,1-4H3,(H,20,25). The Hall–Kier alpha value is -3.09. The Morgan fingerprint density at radius 2 is 1.81 bits per heavy atom. The number of nitrogens with one attached hydrogen (secondary N) is 1. The number of benzene rings is 1. The molecule has 0 aliphatic heterocycles. The van der Waals surface area contributed by atoms with Crippen LogP contribution in [-0.2, 0) is 20.6 Å². The number of fused-ring (bicyclic) bond motifs is 1. The largest absolute Gasteiger partial charge is 0.345 e. The van der Waals surface area contributed by atoms with Gasteiger partial charge in [0, 0.05) is 49.0 Å². The maximum absolute atomic E-state index is 12.5. The van der Waals surface area contributed by atoms with E-state index in [0.717, 1.165) is 39.1 Å². The van der Waals surface area contributed by atoms with Gasteiger partial charge in [0.1, 0.15) is 5.69 Å². The van der Waals surface area contributed by atoms with Crippen LogP contribution in [-0.4, -0.2) is 19.6 Å². The first-order valence-electron chi connectivity index (χ1n) is 8.51. The van der Waals surface area contributed by atoms with Crippen molar-refractivity contribution < 1.29 is 4.79 Å². The molecular weight excluding hydrogens is 332 g/mol. The van der Waals surface area contributed by atoms with Crippen LogP contribution < -0.4 is 16.6 Å². The second kappa shape index (κ2) is 6.67. The van der Waals surface area contributed by atoms with Crippen molar-refractivity contribution >= 4 is 22.5 Å². The third kappa shape index (κ3) is 2.96. The first-order chi connectivity index (χ1) is 12.3. The third-order valence-corrected chi connectivity index (χ3v) is 4.57. The van der Waals surface area contributed by atoms with Gasteiger partial charge in [-0.25, -0.2) is 4.79 Å². The molecule has 3 aromatic rings. The molecule has 3 rings (SSSR count). The number of carbonyl (C=O) groups excluding carboxylic acids is 1. The van der Waals surface area contributed by atoms with E-state index in [-0.39, 0.29) is 5.69 Å². The van der Waals surface area contributed by atoms with E-state index in [9.17, 15) is 14.4 Å². The molecule has 1 aromatic carbocycles. The summed E-state index contributed by atoms with van der Waals surface area (Å²) in [6, 6.07) is 8.93. The maximum atomic E-state index is 12.5. The highest BCUT2D eigenvalue weighted by Gasteiger charge is 2.14. The SMILES string of the molecule is CCCn1c(C)cc2cc(NC(=O)c3cc(=O)n(C)c(=O)n3C)ccc21. The molecule has 1 N–H and O–H groups in total. The van der Waals surface area contributed by atoms with Gasteiger partial charge in [-0.3, -0.25) is 18.7 Å². The van der Waals surface area contributed by atoms with Crippen LogP contribution in [0.3, 0.4) is 0 Å². The molecule has 0 spiro atoms. The third-order valence-electron chi connectivity index (χ3n) is 4.57. The number of anilines is 1. The van der Waals surface area contributed by atoms with Crippen LogP contribution >= 0.6 is 0 Å². The Morgan fingerprint density at radius 3 is 2.50 bits per heavy atom. The van der Waals surface area contributed by atoms with Crippen LogP contribution in [0.25, 0.3) is 10.9 Å². The first-order valence-corrected chi connectivity index (χ1v) is 8.51. The average Bonchev–Trinajstić information content (AvgIpc) is 2.91. The molecule has 0 saturated carbocycles. The summed E-state index contributed by atoms with van der Waals surface area (Å²) < 4.78 is 4.37. The van der Waals surface area contributed by atoms with Gasteiger partial charge >= 0.3 is 5.69 Å². The van der Waals surface area contributed by atoms with E-state index >= 15 is 0 Å². The number of aryl methyl sites for hydroxylation is 2. The lowest BCUT2D eigenvalue weighted by Gasteiger charge is -2.10. The Kier molecular flexibility index (Phi) is 4.54. The molecule has 7 heteroatoms. The van der Waals surface area contributed by atoms with Gasteiger partial charge in [-0.2, -0.15) is 0 Å². The molecule has 136 valence electrons. The lowest BCUT2D eigenvalue weighted by atomic mass is 10.2. The van der Waals surface area contributed by atoms with Gasteiger partial charge in [0.25, 0.3) is 11.5 Å². The fraction of sp³-hybridized carbons (Fsp3) is 0.316. The van der Waals surface area contributed by atoms with Crippen LogP contribution in [0.1, 0.15) is 29.5 Å². The van der Waals surface area contributed by atoms with Crippen molar-refractivity contribution in [1.29, 1.82) is 0 Å². The molecule has 0 radical (unpaired) electrons. The second-order valence-electron chi connectivity index (χ2n) is 6.43. The highest BCUT2D eigenvalue weighted by Crippen LogP contribution is 2.24. The number of hydrogen-bond acceptors (Lipinski definition) is 3. The zero-order chi connectivity index (χ0) is 19.0. The minimum atomic E-state index is -0.537. The number of nitrogens with zero attached hydrogens (tertiary/aromatic N) is 3. The van der Waals surface area contributed by atoms with Gasteiger partial charge in [0.15, 0.2) is 0 Å². The Balaban J connectivity index is 1.96. The van der Waals surface area contributed by atoms with Gasteiger partial charge in [-0.05, 0) is 37.6 Å². The molecule has 0 bridgehead atoms. The molecule has 0 atom stereocenters. The predicted molar refractivity (Wildman–Crippen MR) is 102 cm³/mol. The summed E-state index contributed by atoms with van der Waals surface area (Å²) in [7, 11) is 2.84. The maximum Gasteiger partial charge on any atom is 0.331 e. The van der Waals surface area contributed by atoms with Crippen molar-refractivity contribution in [3.8, 4) is 0 Å². The lowest BCUT2D eigenvalue weighted by molar-refractivity contribution is 0.101. The fourth-order valence-electron chi connectivity index (χ4n) is 3.15. The van der Waals surface area contributed by atoms with E-state index in [1.165, 1.54) is 19.8 Å². The number of amides is 1. The zero-order valence-corrected chi connectivity index (χ0v) is 15.4. The van der Waals surface area contributed by atoms with Crippen molar-refractivity contribution in [1.82, 2.24) is 13.7 Å². The summed E-state index contributed by atoms with van der Waals surface area (Å²) in [5.41, 5.74) is 1.87. The number of rotatable bonds is 4. The summed E-state index contributed by atoms with van der Waals surface area (Å²) in [6.45, 7) is 5.13. The monoisotopic (exact) mass is 354 g/mol. The quantitative estimate of drug-likeness (QED) is 0.778. The summed E-state index contributed by atoms with van der Waals surface area (Å²) in [5.74, 6) is -0.494. The summed E-state index contributed by atoms with van der Waals surface area (Å²) >= 11 is 0. The predicted octanol–water partition coefficient (Wildman–Crippen LogP) is 2.01. The lowest BCUT2D eigenvalue weighted by Crippen LogP contribution is -2.40. The van der Waals surface area contributed by atoms with E-state index in [1.54, 1.807) is 0 Å². The molecule has 0 fully saturated rings. The van der Waals surface area contributed by atoms with E-state index in [4.69, 9.17) is 0 Å². The van der Waals surface area contributed by atoms with Gasteiger partial charge in [0.05, 0.1) is 0 Å². The van der Waals surface area contributed by atoms with Crippen molar-refractivity contribution in [3.63, 3.8) is 0 Å². The van der Waals surface area contributed by atoms with Crippen molar-refractivity contribution in [2.45, 2.75) is 26.8 Å². The minimum absolute atomic E-state index is 0.0259. The van der Waals surface area contributed by atoms with Crippen LogP contribution in [0.5, 0.6) is 0 Å². The molecule has 1 amide bonds. The summed E-state index contributed by atoms with van der Waals surface area (Å²) in [6.07, 6.45) is 1.04. The van der Waals surface area contributed by atoms with Crippen molar-refractivity contribution in [2.24, 2.45) is 14.1 Å². The fourth-order valence-corrected chi connectivity index (χ4v) is 3.15. The van der Waals surface area contributed by atoms with E-state index < -0.39 is 17.2 Å². The molecule has 0 aliphatic carbocycles.